The lowest BCUT2D eigenvalue weighted by Crippen LogP contribution is -2.53. The zero-order valence-electron chi connectivity index (χ0n) is 17.7. The molecule has 1 spiro atoms. The Balaban J connectivity index is 1.56. The van der Waals surface area contributed by atoms with Crippen LogP contribution in [0.2, 0.25) is 0 Å². The fourth-order valence-electron chi connectivity index (χ4n) is 5.47. The van der Waals surface area contributed by atoms with Crippen LogP contribution in [0.4, 0.5) is 5.69 Å². The van der Waals surface area contributed by atoms with Crippen molar-refractivity contribution < 1.29 is 24.2 Å². The number of likely N-dealkylation sites (tertiary alicyclic amines) is 1. The molecule has 8 heteroatoms. The summed E-state index contributed by atoms with van der Waals surface area (Å²) in [5.41, 5.74) is 0.979. The van der Waals surface area contributed by atoms with Gasteiger partial charge in [-0.1, -0.05) is 30.3 Å². The van der Waals surface area contributed by atoms with Crippen molar-refractivity contribution in [3.05, 3.63) is 59.7 Å². The van der Waals surface area contributed by atoms with E-state index in [1.54, 1.807) is 31.4 Å². The maximum Gasteiger partial charge on any atom is 0.250 e. The van der Waals surface area contributed by atoms with E-state index in [1.165, 1.54) is 4.90 Å². The van der Waals surface area contributed by atoms with Crippen molar-refractivity contribution in [3.8, 4) is 5.75 Å². The first-order chi connectivity index (χ1) is 15.5. The van der Waals surface area contributed by atoms with Crippen molar-refractivity contribution in [2.24, 2.45) is 11.8 Å². The van der Waals surface area contributed by atoms with E-state index < -0.39 is 23.4 Å². The molecule has 3 amide bonds. The van der Waals surface area contributed by atoms with Crippen LogP contribution in [0.1, 0.15) is 17.5 Å². The molecule has 8 nitrogen and oxygen atoms in total. The Morgan fingerprint density at radius 2 is 1.81 bits per heavy atom. The molecule has 32 heavy (non-hydrogen) atoms. The fraction of sp³-hybridized carbons (Fsp3) is 0.375. The van der Waals surface area contributed by atoms with Gasteiger partial charge in [0.05, 0.1) is 11.8 Å². The number of nitrogens with zero attached hydrogens (tertiary/aromatic N) is 1. The summed E-state index contributed by atoms with van der Waals surface area (Å²) in [5, 5.41) is 15.9. The lowest BCUT2D eigenvalue weighted by atomic mass is 9.76. The molecule has 5 rings (SSSR count). The summed E-state index contributed by atoms with van der Waals surface area (Å²) < 4.78 is 5.09. The largest absolute Gasteiger partial charge is 0.508 e. The number of benzene rings is 2. The minimum Gasteiger partial charge on any atom is -0.508 e. The van der Waals surface area contributed by atoms with Crippen LogP contribution in [0, 0.1) is 11.8 Å². The number of carbonyl (C=O) groups is 3. The highest BCUT2D eigenvalue weighted by Gasteiger charge is 2.70. The Morgan fingerprint density at radius 3 is 2.56 bits per heavy atom. The number of anilines is 1. The molecule has 2 saturated heterocycles. The molecular weight excluding hydrogens is 410 g/mol. The van der Waals surface area contributed by atoms with Gasteiger partial charge in [0.15, 0.2) is 0 Å². The van der Waals surface area contributed by atoms with E-state index in [0.29, 0.717) is 30.7 Å². The molecule has 3 aliphatic rings. The number of hydrogen-bond donors (Lipinski definition) is 3. The van der Waals surface area contributed by atoms with Crippen LogP contribution in [0.15, 0.2) is 48.5 Å². The average Bonchev–Trinajstić information content (AvgIpc) is 3.36. The first kappa shape index (κ1) is 20.7. The minimum atomic E-state index is -1.29. The number of hydrogen-bond acceptors (Lipinski definition) is 6. The summed E-state index contributed by atoms with van der Waals surface area (Å²) >= 11 is 0. The Bertz CT molecular complexity index is 1090. The smallest absolute Gasteiger partial charge is 0.250 e. The predicted octanol–water partition coefficient (Wildman–Crippen LogP) is 1.39. The number of fused-ring (bicyclic) bond motifs is 4. The molecule has 2 unspecified atom stereocenters. The monoisotopic (exact) mass is 435 g/mol. The minimum absolute atomic E-state index is 0.156. The average molecular weight is 435 g/mol. The van der Waals surface area contributed by atoms with Crippen LogP contribution in [0.3, 0.4) is 0 Å². The Labute approximate surface area is 185 Å². The van der Waals surface area contributed by atoms with Crippen molar-refractivity contribution in [2.75, 3.05) is 25.6 Å². The molecule has 166 valence electrons. The molecule has 0 saturated carbocycles. The first-order valence-corrected chi connectivity index (χ1v) is 10.8. The van der Waals surface area contributed by atoms with E-state index in [0.717, 1.165) is 5.56 Å². The Morgan fingerprint density at radius 1 is 1.06 bits per heavy atom. The second-order valence-corrected chi connectivity index (χ2v) is 8.61. The van der Waals surface area contributed by atoms with Crippen LogP contribution < -0.4 is 10.6 Å². The number of carbonyl (C=O) groups excluding carboxylic acids is 3. The summed E-state index contributed by atoms with van der Waals surface area (Å²) in [7, 11) is 1.58. The van der Waals surface area contributed by atoms with E-state index in [9.17, 15) is 19.5 Å². The van der Waals surface area contributed by atoms with Crippen molar-refractivity contribution in [1.82, 2.24) is 10.2 Å². The molecule has 3 heterocycles. The highest BCUT2D eigenvalue weighted by atomic mass is 16.5. The quantitative estimate of drug-likeness (QED) is 0.468. The van der Waals surface area contributed by atoms with Gasteiger partial charge in [-0.2, -0.15) is 0 Å². The molecule has 4 atom stereocenters. The van der Waals surface area contributed by atoms with Crippen molar-refractivity contribution in [3.63, 3.8) is 0 Å². The van der Waals surface area contributed by atoms with E-state index in [2.05, 4.69) is 10.6 Å². The molecule has 2 fully saturated rings. The van der Waals surface area contributed by atoms with E-state index >= 15 is 0 Å². The third kappa shape index (κ3) is 2.94. The van der Waals surface area contributed by atoms with Gasteiger partial charge in [0.2, 0.25) is 17.7 Å². The second kappa shape index (κ2) is 7.72. The summed E-state index contributed by atoms with van der Waals surface area (Å²) in [6.45, 7) is 0.708. The molecule has 0 bridgehead atoms. The highest BCUT2D eigenvalue weighted by molar-refractivity contribution is 6.15. The van der Waals surface area contributed by atoms with E-state index in [1.807, 2.05) is 24.3 Å². The van der Waals surface area contributed by atoms with Gasteiger partial charge in [-0.05, 0) is 36.6 Å². The SMILES string of the molecule is COCCCN1C(=O)[C@@H]2C(Cc3ccc(O)cc3)NC3(C(=O)Nc4ccccc43)[C@@H]2C1=O. The van der Waals surface area contributed by atoms with Gasteiger partial charge in [-0.25, -0.2) is 0 Å². The maximum atomic E-state index is 13.6. The number of aromatic hydroxyl groups is 1. The number of amides is 3. The van der Waals surface area contributed by atoms with Gasteiger partial charge in [-0.3, -0.25) is 24.6 Å². The molecule has 0 aromatic heterocycles. The summed E-state index contributed by atoms with van der Waals surface area (Å²) in [5.74, 6) is -2.19. The maximum absolute atomic E-state index is 13.6. The third-order valence-corrected chi connectivity index (χ3v) is 6.84. The van der Waals surface area contributed by atoms with Crippen LogP contribution in [-0.4, -0.2) is 54.0 Å². The Kier molecular flexibility index (Phi) is 4.98. The van der Waals surface area contributed by atoms with Gasteiger partial charge in [0, 0.05) is 37.6 Å². The van der Waals surface area contributed by atoms with E-state index in [-0.39, 0.29) is 30.0 Å². The third-order valence-electron chi connectivity index (χ3n) is 6.84. The standard InChI is InChI=1S/C24H25N3O5/c1-32-12-4-11-27-21(29)19-18(13-14-7-9-15(28)10-8-14)26-24(20(19)22(27)30)16-5-2-3-6-17(16)25-23(24)31/h2-3,5-10,18-20,26,28H,4,11-13H2,1H3,(H,25,31)/t18?,19-,20+,24?/m1/s1. The van der Waals surface area contributed by atoms with Gasteiger partial charge in [0.1, 0.15) is 11.3 Å². The zero-order chi connectivity index (χ0) is 22.5. The molecular formula is C24H25N3O5. The second-order valence-electron chi connectivity index (χ2n) is 8.61. The fourth-order valence-corrected chi connectivity index (χ4v) is 5.47. The number of para-hydroxylation sites is 1. The van der Waals surface area contributed by atoms with Crippen LogP contribution in [0.25, 0.3) is 0 Å². The number of nitrogens with one attached hydrogen (secondary N) is 2. The van der Waals surface area contributed by atoms with Gasteiger partial charge < -0.3 is 15.2 Å². The molecule has 2 aromatic rings. The molecule has 2 aromatic carbocycles. The lowest BCUT2D eigenvalue weighted by molar-refractivity contribution is -0.143. The van der Waals surface area contributed by atoms with Crippen LogP contribution in [0.5, 0.6) is 5.75 Å². The number of methoxy groups -OCH3 is 1. The molecule has 0 radical (unpaired) electrons. The lowest BCUT2D eigenvalue weighted by Gasteiger charge is -2.29. The van der Waals surface area contributed by atoms with Crippen molar-refractivity contribution in [1.29, 1.82) is 0 Å². The zero-order valence-corrected chi connectivity index (χ0v) is 17.7. The number of phenols is 1. The van der Waals surface area contributed by atoms with Gasteiger partial charge in [-0.15, -0.1) is 0 Å². The van der Waals surface area contributed by atoms with Gasteiger partial charge >= 0.3 is 0 Å². The normalized spacial score (nSPS) is 28.3. The highest BCUT2D eigenvalue weighted by Crippen LogP contribution is 2.53. The summed E-state index contributed by atoms with van der Waals surface area (Å²) in [4.78, 5) is 41.7. The predicted molar refractivity (Wildman–Crippen MR) is 116 cm³/mol. The molecule has 0 aliphatic carbocycles. The number of ether oxygens (including phenoxy) is 1. The van der Waals surface area contributed by atoms with Crippen molar-refractivity contribution >= 4 is 23.4 Å². The molecule has 3 N–H and O–H groups in total. The number of imide groups is 1. The van der Waals surface area contributed by atoms with Gasteiger partial charge in [0.25, 0.3) is 0 Å². The number of phenolic OH excluding ortho intramolecular Hbond substituents is 1. The van der Waals surface area contributed by atoms with Crippen molar-refractivity contribution in [2.45, 2.75) is 24.4 Å². The number of rotatable bonds is 6. The summed E-state index contributed by atoms with van der Waals surface area (Å²) in [6.07, 6.45) is 0.989. The van der Waals surface area contributed by atoms with E-state index in [4.69, 9.17) is 4.74 Å². The molecule has 3 aliphatic heterocycles. The van der Waals surface area contributed by atoms with Crippen LogP contribution >= 0.6 is 0 Å². The van der Waals surface area contributed by atoms with Crippen LogP contribution in [-0.2, 0) is 31.1 Å². The summed E-state index contributed by atoms with van der Waals surface area (Å²) in [6, 6.07) is 13.7. The topological polar surface area (TPSA) is 108 Å². The first-order valence-electron chi connectivity index (χ1n) is 10.8. The Hall–Kier alpha value is -3.23.